The molecule has 2 aromatic rings. The van der Waals surface area contributed by atoms with Crippen molar-refractivity contribution in [1.29, 1.82) is 0 Å². The zero-order valence-corrected chi connectivity index (χ0v) is 14.8. The number of benzene rings is 1. The van der Waals surface area contributed by atoms with Gasteiger partial charge in [-0.15, -0.1) is 0 Å². The maximum absolute atomic E-state index is 12.4. The first-order chi connectivity index (χ1) is 12.2. The van der Waals surface area contributed by atoms with Crippen LogP contribution in [0, 0.1) is 6.92 Å². The molecule has 0 spiro atoms. The van der Waals surface area contributed by atoms with Crippen molar-refractivity contribution >= 4 is 5.91 Å². The van der Waals surface area contributed by atoms with Crippen molar-refractivity contribution in [3.05, 3.63) is 47.5 Å². The summed E-state index contributed by atoms with van der Waals surface area (Å²) in [6.07, 6.45) is 3.34. The number of hydrogen-bond acceptors (Lipinski definition) is 4. The predicted octanol–water partition coefficient (Wildman–Crippen LogP) is 2.82. The normalized spacial score (nSPS) is 17.6. The lowest BCUT2D eigenvalue weighted by Crippen LogP contribution is -2.39. The minimum Gasteiger partial charge on any atom is -0.377 e. The fourth-order valence-corrected chi connectivity index (χ4v) is 3.20. The number of ether oxygens (including phenoxy) is 1. The first-order valence-corrected chi connectivity index (χ1v) is 9.00. The molecule has 0 bridgehead atoms. The van der Waals surface area contributed by atoms with Crippen LogP contribution in [0.1, 0.15) is 48.8 Å². The number of carbonyl (C=O) groups is 1. The summed E-state index contributed by atoms with van der Waals surface area (Å²) in [4.78, 5) is 18.8. The SMILES string of the molecule is Cc1nc(C2CCCN(C(=O)CCCOCc3ccccc3)C2)n[nH]1. The fourth-order valence-electron chi connectivity index (χ4n) is 3.20. The van der Waals surface area contributed by atoms with Crippen molar-refractivity contribution in [2.24, 2.45) is 0 Å². The number of piperidine rings is 1. The molecule has 1 N–H and O–H groups in total. The molecule has 0 aliphatic carbocycles. The van der Waals surface area contributed by atoms with E-state index in [1.165, 1.54) is 0 Å². The summed E-state index contributed by atoms with van der Waals surface area (Å²) >= 11 is 0. The summed E-state index contributed by atoms with van der Waals surface area (Å²) in [5.74, 6) is 2.12. The van der Waals surface area contributed by atoms with E-state index < -0.39 is 0 Å². The first kappa shape index (κ1) is 17.6. The molecule has 6 nitrogen and oxygen atoms in total. The second-order valence-electron chi connectivity index (χ2n) is 6.60. The number of aromatic nitrogens is 3. The van der Waals surface area contributed by atoms with Gasteiger partial charge in [0.05, 0.1) is 6.61 Å². The van der Waals surface area contributed by atoms with Crippen LogP contribution in [0.3, 0.4) is 0 Å². The number of rotatable bonds is 7. The number of aryl methyl sites for hydroxylation is 1. The number of hydrogen-bond donors (Lipinski definition) is 1. The van der Waals surface area contributed by atoms with Crippen molar-refractivity contribution in [3.63, 3.8) is 0 Å². The van der Waals surface area contributed by atoms with Gasteiger partial charge >= 0.3 is 0 Å². The highest BCUT2D eigenvalue weighted by atomic mass is 16.5. The third-order valence-corrected chi connectivity index (χ3v) is 4.54. The average molecular weight is 342 g/mol. The van der Waals surface area contributed by atoms with Gasteiger partial charge in [0.1, 0.15) is 5.82 Å². The third kappa shape index (κ3) is 5.13. The molecule has 1 aliphatic heterocycles. The van der Waals surface area contributed by atoms with E-state index >= 15 is 0 Å². The average Bonchev–Trinajstić information content (AvgIpc) is 3.09. The maximum Gasteiger partial charge on any atom is 0.222 e. The Morgan fingerprint density at radius 2 is 2.20 bits per heavy atom. The van der Waals surface area contributed by atoms with Gasteiger partial charge < -0.3 is 9.64 Å². The van der Waals surface area contributed by atoms with Crippen LogP contribution in [-0.4, -0.2) is 45.7 Å². The zero-order valence-electron chi connectivity index (χ0n) is 14.8. The second-order valence-corrected chi connectivity index (χ2v) is 6.60. The topological polar surface area (TPSA) is 71.1 Å². The van der Waals surface area contributed by atoms with Gasteiger partial charge in [0.2, 0.25) is 5.91 Å². The number of nitrogens with one attached hydrogen (secondary N) is 1. The van der Waals surface area contributed by atoms with E-state index in [9.17, 15) is 4.79 Å². The molecular weight excluding hydrogens is 316 g/mol. The molecule has 0 saturated carbocycles. The number of amides is 1. The van der Waals surface area contributed by atoms with E-state index in [4.69, 9.17) is 4.74 Å². The minimum atomic E-state index is 0.209. The largest absolute Gasteiger partial charge is 0.377 e. The van der Waals surface area contributed by atoms with Crippen LogP contribution in [0.5, 0.6) is 0 Å². The molecule has 3 rings (SSSR count). The van der Waals surface area contributed by atoms with Crippen LogP contribution in [0.15, 0.2) is 30.3 Å². The Hall–Kier alpha value is -2.21. The van der Waals surface area contributed by atoms with E-state index in [2.05, 4.69) is 15.2 Å². The van der Waals surface area contributed by atoms with Crippen LogP contribution in [-0.2, 0) is 16.1 Å². The summed E-state index contributed by atoms with van der Waals surface area (Å²) in [5.41, 5.74) is 1.16. The first-order valence-electron chi connectivity index (χ1n) is 9.00. The molecule has 1 saturated heterocycles. The van der Waals surface area contributed by atoms with E-state index in [1.54, 1.807) is 0 Å². The molecule has 1 unspecified atom stereocenters. The highest BCUT2D eigenvalue weighted by molar-refractivity contribution is 5.76. The van der Waals surface area contributed by atoms with E-state index in [1.807, 2.05) is 42.2 Å². The molecule has 25 heavy (non-hydrogen) atoms. The zero-order chi connectivity index (χ0) is 17.5. The van der Waals surface area contributed by atoms with E-state index in [0.29, 0.717) is 19.6 Å². The van der Waals surface area contributed by atoms with Gasteiger partial charge in [-0.25, -0.2) is 4.98 Å². The van der Waals surface area contributed by atoms with Gasteiger partial charge in [-0.05, 0) is 31.7 Å². The number of likely N-dealkylation sites (tertiary alicyclic amines) is 1. The lowest BCUT2D eigenvalue weighted by atomic mass is 9.97. The molecule has 1 atom stereocenters. The van der Waals surface area contributed by atoms with Gasteiger partial charge in [-0.3, -0.25) is 9.89 Å². The Kier molecular flexibility index (Phi) is 6.17. The highest BCUT2D eigenvalue weighted by Gasteiger charge is 2.26. The quantitative estimate of drug-likeness (QED) is 0.786. The minimum absolute atomic E-state index is 0.209. The van der Waals surface area contributed by atoms with Crippen molar-refractivity contribution in [2.75, 3.05) is 19.7 Å². The summed E-state index contributed by atoms with van der Waals surface area (Å²) in [6, 6.07) is 10.1. The van der Waals surface area contributed by atoms with E-state index in [0.717, 1.165) is 49.6 Å². The molecule has 2 heterocycles. The molecule has 1 aliphatic rings. The van der Waals surface area contributed by atoms with Crippen molar-refractivity contribution < 1.29 is 9.53 Å². The Morgan fingerprint density at radius 3 is 2.96 bits per heavy atom. The third-order valence-electron chi connectivity index (χ3n) is 4.54. The molecule has 1 amide bonds. The molecule has 134 valence electrons. The molecule has 1 aromatic carbocycles. The number of carbonyl (C=O) groups excluding carboxylic acids is 1. The van der Waals surface area contributed by atoms with Crippen LogP contribution in [0.4, 0.5) is 0 Å². The van der Waals surface area contributed by atoms with Crippen LogP contribution in [0.25, 0.3) is 0 Å². The lowest BCUT2D eigenvalue weighted by molar-refractivity contribution is -0.132. The predicted molar refractivity (Wildman–Crippen MR) is 95.0 cm³/mol. The molecule has 1 fully saturated rings. The Labute approximate surface area is 148 Å². The number of nitrogens with zero attached hydrogens (tertiary/aromatic N) is 3. The highest BCUT2D eigenvalue weighted by Crippen LogP contribution is 2.24. The lowest BCUT2D eigenvalue weighted by Gasteiger charge is -2.31. The van der Waals surface area contributed by atoms with Crippen molar-refractivity contribution in [3.8, 4) is 0 Å². The smallest absolute Gasteiger partial charge is 0.222 e. The van der Waals surface area contributed by atoms with Gasteiger partial charge in [0.25, 0.3) is 0 Å². The molecule has 6 heteroatoms. The van der Waals surface area contributed by atoms with Crippen LogP contribution < -0.4 is 0 Å². The number of aromatic amines is 1. The van der Waals surface area contributed by atoms with Crippen molar-refractivity contribution in [1.82, 2.24) is 20.1 Å². The molecular formula is C19H26N4O2. The maximum atomic E-state index is 12.4. The fraction of sp³-hybridized carbons (Fsp3) is 0.526. The van der Waals surface area contributed by atoms with Crippen molar-refractivity contribution in [2.45, 2.75) is 45.1 Å². The summed E-state index contributed by atoms with van der Waals surface area (Å²) < 4.78 is 5.66. The van der Waals surface area contributed by atoms with Crippen LogP contribution in [0.2, 0.25) is 0 Å². The summed E-state index contributed by atoms with van der Waals surface area (Å²) in [7, 11) is 0. The molecule has 0 radical (unpaired) electrons. The Bertz CT molecular complexity index is 671. The van der Waals surface area contributed by atoms with Gasteiger partial charge in [0, 0.05) is 32.0 Å². The Balaban J connectivity index is 1.37. The molecule has 1 aromatic heterocycles. The van der Waals surface area contributed by atoms with Gasteiger partial charge in [-0.2, -0.15) is 5.10 Å². The summed E-state index contributed by atoms with van der Waals surface area (Å²) in [6.45, 7) is 4.67. The monoisotopic (exact) mass is 342 g/mol. The van der Waals surface area contributed by atoms with E-state index in [-0.39, 0.29) is 11.8 Å². The van der Waals surface area contributed by atoms with Gasteiger partial charge in [-0.1, -0.05) is 30.3 Å². The standard InChI is InChI=1S/C19H26N4O2/c1-15-20-19(22-21-15)17-9-5-11-23(13-17)18(24)10-6-12-25-14-16-7-3-2-4-8-16/h2-4,7-8,17H,5-6,9-14H2,1H3,(H,20,21,22). The second kappa shape index (κ2) is 8.76. The number of H-pyrrole nitrogens is 1. The summed E-state index contributed by atoms with van der Waals surface area (Å²) in [5, 5.41) is 7.15. The van der Waals surface area contributed by atoms with Gasteiger partial charge in [0.15, 0.2) is 5.82 Å². The Morgan fingerprint density at radius 1 is 1.36 bits per heavy atom. The van der Waals surface area contributed by atoms with Crippen LogP contribution >= 0.6 is 0 Å².